The van der Waals surface area contributed by atoms with Crippen LogP contribution in [0.3, 0.4) is 0 Å². The van der Waals surface area contributed by atoms with Gasteiger partial charge in [-0.05, 0) is 30.5 Å². The Bertz CT molecular complexity index is 759. The summed E-state index contributed by atoms with van der Waals surface area (Å²) >= 11 is 0. The molecule has 0 fully saturated rings. The van der Waals surface area contributed by atoms with E-state index in [0.717, 1.165) is 11.1 Å². The third-order valence-electron chi connectivity index (χ3n) is 4.43. The van der Waals surface area contributed by atoms with Crippen LogP contribution in [0.4, 0.5) is 0 Å². The average molecular weight is 368 g/mol. The van der Waals surface area contributed by atoms with Crippen molar-refractivity contribution < 1.29 is 14.3 Å². The predicted octanol–water partition coefficient (Wildman–Crippen LogP) is 3.25. The molecule has 5 nitrogen and oxygen atoms in total. The predicted molar refractivity (Wildman–Crippen MR) is 106 cm³/mol. The van der Waals surface area contributed by atoms with Gasteiger partial charge >= 0.3 is 0 Å². The van der Waals surface area contributed by atoms with Gasteiger partial charge in [-0.1, -0.05) is 61.9 Å². The van der Waals surface area contributed by atoms with Crippen molar-refractivity contribution >= 4 is 11.8 Å². The number of methoxy groups -OCH3 is 1. The van der Waals surface area contributed by atoms with Crippen molar-refractivity contribution in [1.82, 2.24) is 10.6 Å². The Balaban J connectivity index is 2.01. The van der Waals surface area contributed by atoms with E-state index in [1.54, 1.807) is 19.2 Å². The number of carbonyl (C=O) groups is 2. The Hall–Kier alpha value is -2.66. The zero-order chi connectivity index (χ0) is 19.8. The summed E-state index contributed by atoms with van der Waals surface area (Å²) in [7, 11) is 1.61. The maximum Gasteiger partial charge on any atom is 0.251 e. The second-order valence-corrected chi connectivity index (χ2v) is 6.94. The topological polar surface area (TPSA) is 67.4 Å². The van der Waals surface area contributed by atoms with Crippen LogP contribution in [0.25, 0.3) is 0 Å². The smallest absolute Gasteiger partial charge is 0.251 e. The van der Waals surface area contributed by atoms with Crippen LogP contribution in [0.2, 0.25) is 0 Å². The normalized spacial score (nSPS) is 13.1. The molecule has 0 aliphatic rings. The molecule has 0 aromatic heterocycles. The van der Waals surface area contributed by atoms with Crippen molar-refractivity contribution in [2.24, 2.45) is 5.92 Å². The fourth-order valence-corrected chi connectivity index (χ4v) is 2.85. The van der Waals surface area contributed by atoms with Gasteiger partial charge in [0.05, 0.1) is 6.10 Å². The SMILES string of the molecule is COC(CNC(=O)C(NC(=O)c1cccc(C)c1)C(C)C)c1ccccc1. The molecule has 0 spiro atoms. The van der Waals surface area contributed by atoms with E-state index < -0.39 is 6.04 Å². The summed E-state index contributed by atoms with van der Waals surface area (Å²) in [5.74, 6) is -0.514. The van der Waals surface area contributed by atoms with Gasteiger partial charge in [-0.2, -0.15) is 0 Å². The van der Waals surface area contributed by atoms with Crippen LogP contribution >= 0.6 is 0 Å². The number of hydrogen-bond donors (Lipinski definition) is 2. The zero-order valence-corrected chi connectivity index (χ0v) is 16.4. The highest BCUT2D eigenvalue weighted by Crippen LogP contribution is 2.15. The van der Waals surface area contributed by atoms with Gasteiger partial charge in [0, 0.05) is 19.2 Å². The molecule has 0 heterocycles. The second kappa shape index (κ2) is 9.88. The number of aryl methyl sites for hydroxylation is 1. The molecule has 2 N–H and O–H groups in total. The average Bonchev–Trinajstić information content (AvgIpc) is 2.66. The molecule has 0 aliphatic heterocycles. The van der Waals surface area contributed by atoms with Gasteiger partial charge in [0.1, 0.15) is 6.04 Å². The summed E-state index contributed by atoms with van der Waals surface area (Å²) in [5.41, 5.74) is 2.54. The number of rotatable bonds is 8. The van der Waals surface area contributed by atoms with E-state index in [4.69, 9.17) is 4.74 Å². The van der Waals surface area contributed by atoms with Crippen LogP contribution in [0.15, 0.2) is 54.6 Å². The molecule has 2 amide bonds. The van der Waals surface area contributed by atoms with Crippen molar-refractivity contribution in [3.63, 3.8) is 0 Å². The van der Waals surface area contributed by atoms with Gasteiger partial charge in [0.2, 0.25) is 5.91 Å². The maximum absolute atomic E-state index is 12.7. The first-order chi connectivity index (χ1) is 12.9. The van der Waals surface area contributed by atoms with E-state index in [1.807, 2.05) is 63.2 Å². The minimum atomic E-state index is -0.619. The minimum absolute atomic E-state index is 0.0449. The first-order valence-electron chi connectivity index (χ1n) is 9.15. The largest absolute Gasteiger partial charge is 0.375 e. The van der Waals surface area contributed by atoms with Crippen LogP contribution in [0.5, 0.6) is 0 Å². The van der Waals surface area contributed by atoms with Gasteiger partial charge in [-0.15, -0.1) is 0 Å². The Labute approximate surface area is 161 Å². The van der Waals surface area contributed by atoms with Crippen molar-refractivity contribution in [3.8, 4) is 0 Å². The van der Waals surface area contributed by atoms with Crippen molar-refractivity contribution in [2.75, 3.05) is 13.7 Å². The summed E-state index contributed by atoms with van der Waals surface area (Å²) in [6, 6.07) is 16.4. The first-order valence-corrected chi connectivity index (χ1v) is 9.15. The number of amides is 2. The molecule has 0 aliphatic carbocycles. The Morgan fingerprint density at radius 1 is 1.04 bits per heavy atom. The Morgan fingerprint density at radius 3 is 2.33 bits per heavy atom. The van der Waals surface area contributed by atoms with Gasteiger partial charge in [-0.3, -0.25) is 9.59 Å². The highest BCUT2D eigenvalue weighted by atomic mass is 16.5. The molecule has 144 valence electrons. The number of benzene rings is 2. The first kappa shape index (κ1) is 20.6. The molecule has 2 aromatic carbocycles. The summed E-state index contributed by atoms with van der Waals surface area (Å²) in [6.07, 6.45) is -0.240. The molecule has 2 unspecified atom stereocenters. The molecule has 0 radical (unpaired) electrons. The number of nitrogens with one attached hydrogen (secondary N) is 2. The molecule has 5 heteroatoms. The second-order valence-electron chi connectivity index (χ2n) is 6.94. The van der Waals surface area contributed by atoms with Crippen molar-refractivity contribution in [3.05, 3.63) is 71.3 Å². The van der Waals surface area contributed by atoms with Crippen LogP contribution in [-0.2, 0) is 9.53 Å². The van der Waals surface area contributed by atoms with Crippen LogP contribution in [0.1, 0.15) is 41.4 Å². The molecule has 0 saturated heterocycles. The van der Waals surface area contributed by atoms with E-state index in [0.29, 0.717) is 12.1 Å². The molecule has 2 atom stereocenters. The summed E-state index contributed by atoms with van der Waals surface area (Å²) in [6.45, 7) is 6.08. The Morgan fingerprint density at radius 2 is 1.74 bits per heavy atom. The van der Waals surface area contributed by atoms with Crippen LogP contribution < -0.4 is 10.6 Å². The molecule has 2 aromatic rings. The van der Waals surface area contributed by atoms with E-state index in [2.05, 4.69) is 10.6 Å². The van der Waals surface area contributed by atoms with Gasteiger partial charge < -0.3 is 15.4 Å². The molecule has 0 saturated carbocycles. The van der Waals surface area contributed by atoms with Crippen molar-refractivity contribution in [2.45, 2.75) is 32.9 Å². The fraction of sp³-hybridized carbons (Fsp3) is 0.364. The number of carbonyl (C=O) groups excluding carboxylic acids is 2. The highest BCUT2D eigenvalue weighted by molar-refractivity contribution is 5.97. The van der Waals surface area contributed by atoms with E-state index in [-0.39, 0.29) is 23.8 Å². The van der Waals surface area contributed by atoms with Gasteiger partial charge in [-0.25, -0.2) is 0 Å². The number of hydrogen-bond acceptors (Lipinski definition) is 3. The minimum Gasteiger partial charge on any atom is -0.375 e. The summed E-state index contributed by atoms with van der Waals surface area (Å²) < 4.78 is 5.49. The lowest BCUT2D eigenvalue weighted by molar-refractivity contribution is -0.124. The maximum atomic E-state index is 12.7. The third-order valence-corrected chi connectivity index (χ3v) is 4.43. The van der Waals surface area contributed by atoms with Crippen LogP contribution in [0, 0.1) is 12.8 Å². The molecule has 27 heavy (non-hydrogen) atoms. The third kappa shape index (κ3) is 5.93. The van der Waals surface area contributed by atoms with E-state index >= 15 is 0 Å². The quantitative estimate of drug-likeness (QED) is 0.752. The summed E-state index contributed by atoms with van der Waals surface area (Å²) in [4.78, 5) is 25.2. The lowest BCUT2D eigenvalue weighted by Crippen LogP contribution is -2.50. The van der Waals surface area contributed by atoms with Crippen molar-refractivity contribution in [1.29, 1.82) is 0 Å². The van der Waals surface area contributed by atoms with Crippen LogP contribution in [-0.4, -0.2) is 31.5 Å². The highest BCUT2D eigenvalue weighted by Gasteiger charge is 2.25. The Kier molecular flexibility index (Phi) is 7.55. The standard InChI is InChI=1S/C22H28N2O3/c1-15(2)20(24-21(25)18-12-8-9-16(3)13-18)22(26)23-14-19(27-4)17-10-6-5-7-11-17/h5-13,15,19-20H,14H2,1-4H3,(H,23,26)(H,24,25). The summed E-state index contributed by atoms with van der Waals surface area (Å²) in [5, 5.41) is 5.75. The molecule has 0 bridgehead atoms. The van der Waals surface area contributed by atoms with Gasteiger partial charge in [0.25, 0.3) is 5.91 Å². The fourth-order valence-electron chi connectivity index (χ4n) is 2.85. The monoisotopic (exact) mass is 368 g/mol. The van der Waals surface area contributed by atoms with E-state index in [9.17, 15) is 9.59 Å². The van der Waals surface area contributed by atoms with E-state index in [1.165, 1.54) is 0 Å². The molecular weight excluding hydrogens is 340 g/mol. The molecular formula is C22H28N2O3. The lowest BCUT2D eigenvalue weighted by Gasteiger charge is -2.23. The number of ether oxygens (including phenoxy) is 1. The zero-order valence-electron chi connectivity index (χ0n) is 16.4. The molecule has 2 rings (SSSR count). The van der Waals surface area contributed by atoms with Gasteiger partial charge in [0.15, 0.2) is 0 Å². The lowest BCUT2D eigenvalue weighted by atomic mass is 10.0.